The number of alkyl carbamates (subject to hydrolysis) is 1. The highest BCUT2D eigenvalue weighted by Gasteiger charge is 2.21. The largest absolute Gasteiger partial charge is 0.450 e. The SMILES string of the molecule is CCOC(=O)NC(=S)Nc1ncccc1N1CCC(F)CC1. The van der Waals surface area contributed by atoms with Gasteiger partial charge in [-0.2, -0.15) is 0 Å². The van der Waals surface area contributed by atoms with Crippen LogP contribution in [0.25, 0.3) is 0 Å². The molecule has 1 saturated heterocycles. The maximum Gasteiger partial charge on any atom is 0.413 e. The second kappa shape index (κ2) is 7.88. The number of ether oxygens (including phenoxy) is 1. The molecule has 1 fully saturated rings. The zero-order valence-corrected chi connectivity index (χ0v) is 13.2. The summed E-state index contributed by atoms with van der Waals surface area (Å²) >= 11 is 5.06. The van der Waals surface area contributed by atoms with Crippen LogP contribution in [0.2, 0.25) is 0 Å². The molecule has 0 saturated carbocycles. The summed E-state index contributed by atoms with van der Waals surface area (Å²) in [5, 5.41) is 5.40. The van der Waals surface area contributed by atoms with Gasteiger partial charge in [0.05, 0.1) is 12.3 Å². The Morgan fingerprint density at radius 3 is 2.95 bits per heavy atom. The first-order chi connectivity index (χ1) is 10.6. The van der Waals surface area contributed by atoms with Crippen LogP contribution in [0.15, 0.2) is 18.3 Å². The van der Waals surface area contributed by atoms with Crippen LogP contribution in [0.5, 0.6) is 0 Å². The van der Waals surface area contributed by atoms with E-state index in [0.29, 0.717) is 31.7 Å². The molecule has 0 spiro atoms. The van der Waals surface area contributed by atoms with Gasteiger partial charge in [-0.25, -0.2) is 14.2 Å². The highest BCUT2D eigenvalue weighted by molar-refractivity contribution is 7.80. The van der Waals surface area contributed by atoms with Crippen molar-refractivity contribution in [3.05, 3.63) is 18.3 Å². The summed E-state index contributed by atoms with van der Waals surface area (Å²) in [4.78, 5) is 17.6. The van der Waals surface area contributed by atoms with Gasteiger partial charge in [-0.1, -0.05) is 0 Å². The van der Waals surface area contributed by atoms with Gasteiger partial charge in [-0.05, 0) is 44.1 Å². The zero-order valence-electron chi connectivity index (χ0n) is 12.3. The van der Waals surface area contributed by atoms with Crippen molar-refractivity contribution in [3.63, 3.8) is 0 Å². The number of amides is 1. The van der Waals surface area contributed by atoms with Gasteiger partial charge in [0.1, 0.15) is 6.17 Å². The topological polar surface area (TPSA) is 66.5 Å². The van der Waals surface area contributed by atoms with Crippen LogP contribution in [0, 0.1) is 0 Å². The number of rotatable bonds is 3. The third-order valence-corrected chi connectivity index (χ3v) is 3.48. The Hall–Kier alpha value is -1.96. The van der Waals surface area contributed by atoms with Crippen LogP contribution in [-0.4, -0.2) is 42.1 Å². The summed E-state index contributed by atoms with van der Waals surface area (Å²) in [5.74, 6) is 0.529. The van der Waals surface area contributed by atoms with Crippen LogP contribution in [0.4, 0.5) is 20.7 Å². The van der Waals surface area contributed by atoms with Crippen LogP contribution in [-0.2, 0) is 4.74 Å². The smallest absolute Gasteiger partial charge is 0.413 e. The van der Waals surface area contributed by atoms with E-state index in [1.54, 1.807) is 13.1 Å². The standard InChI is InChI=1S/C14H19FN4O2S/c1-2-21-14(20)18-13(22)17-12-11(4-3-7-16-12)19-8-5-10(15)6-9-19/h3-4,7,10H,2,5-6,8-9H2,1H3,(H2,16,17,18,20,22). The molecule has 8 heteroatoms. The minimum atomic E-state index is -0.740. The van der Waals surface area contributed by atoms with Crippen LogP contribution in [0.1, 0.15) is 19.8 Å². The van der Waals surface area contributed by atoms with E-state index in [1.807, 2.05) is 12.1 Å². The van der Waals surface area contributed by atoms with E-state index in [4.69, 9.17) is 17.0 Å². The fourth-order valence-corrected chi connectivity index (χ4v) is 2.42. The highest BCUT2D eigenvalue weighted by atomic mass is 32.1. The Morgan fingerprint density at radius 1 is 1.55 bits per heavy atom. The first-order valence-electron chi connectivity index (χ1n) is 7.19. The molecule has 2 heterocycles. The minimum Gasteiger partial charge on any atom is -0.450 e. The number of hydrogen-bond acceptors (Lipinski definition) is 5. The van der Waals surface area contributed by atoms with Gasteiger partial charge < -0.3 is 15.0 Å². The predicted molar refractivity (Wildman–Crippen MR) is 87.0 cm³/mol. The van der Waals surface area contributed by atoms with E-state index in [1.165, 1.54) is 0 Å². The summed E-state index contributed by atoms with van der Waals surface area (Å²) in [7, 11) is 0. The number of alkyl halides is 1. The highest BCUT2D eigenvalue weighted by Crippen LogP contribution is 2.27. The first-order valence-corrected chi connectivity index (χ1v) is 7.59. The van der Waals surface area contributed by atoms with Crippen molar-refractivity contribution in [2.45, 2.75) is 25.9 Å². The summed E-state index contributed by atoms with van der Waals surface area (Å²) < 4.78 is 18.0. The number of carbonyl (C=O) groups is 1. The van der Waals surface area contributed by atoms with E-state index < -0.39 is 12.3 Å². The Morgan fingerprint density at radius 2 is 2.27 bits per heavy atom. The molecule has 2 rings (SSSR count). The third kappa shape index (κ3) is 4.52. The van der Waals surface area contributed by atoms with Crippen LogP contribution >= 0.6 is 12.2 Å². The number of nitrogens with one attached hydrogen (secondary N) is 2. The first kappa shape index (κ1) is 16.4. The van der Waals surface area contributed by atoms with Gasteiger partial charge in [0, 0.05) is 19.3 Å². The van der Waals surface area contributed by atoms with Crippen molar-refractivity contribution in [1.82, 2.24) is 10.3 Å². The minimum absolute atomic E-state index is 0.110. The van der Waals surface area contributed by atoms with Gasteiger partial charge in [0.15, 0.2) is 10.9 Å². The zero-order chi connectivity index (χ0) is 15.9. The molecule has 6 nitrogen and oxygen atoms in total. The number of halogens is 1. The average Bonchev–Trinajstić information content (AvgIpc) is 2.49. The molecule has 1 aliphatic heterocycles. The van der Waals surface area contributed by atoms with E-state index >= 15 is 0 Å². The van der Waals surface area contributed by atoms with Gasteiger partial charge in [-0.3, -0.25) is 5.32 Å². The quantitative estimate of drug-likeness (QED) is 0.832. The fourth-order valence-electron chi connectivity index (χ4n) is 2.24. The molecule has 0 aromatic carbocycles. The Bertz CT molecular complexity index is 535. The lowest BCUT2D eigenvalue weighted by Crippen LogP contribution is -2.37. The van der Waals surface area contributed by atoms with Crippen molar-refractivity contribution in [1.29, 1.82) is 0 Å². The number of carbonyl (C=O) groups excluding carboxylic acids is 1. The molecule has 0 unspecified atom stereocenters. The number of anilines is 2. The van der Waals surface area contributed by atoms with Gasteiger partial charge in [0.2, 0.25) is 0 Å². The average molecular weight is 326 g/mol. The number of hydrogen-bond donors (Lipinski definition) is 2. The maximum absolute atomic E-state index is 13.3. The fraction of sp³-hybridized carbons (Fsp3) is 0.500. The lowest BCUT2D eigenvalue weighted by Gasteiger charge is -2.31. The van der Waals surface area contributed by atoms with Crippen molar-refractivity contribution >= 4 is 34.9 Å². The predicted octanol–water partition coefficient (Wildman–Crippen LogP) is 2.46. The van der Waals surface area contributed by atoms with Gasteiger partial charge in [-0.15, -0.1) is 0 Å². The molecule has 2 N–H and O–H groups in total. The second-order valence-corrected chi connectivity index (χ2v) is 5.24. The van der Waals surface area contributed by atoms with E-state index in [-0.39, 0.29) is 11.7 Å². The molecule has 0 aliphatic carbocycles. The van der Waals surface area contributed by atoms with E-state index in [0.717, 1.165) is 5.69 Å². The summed E-state index contributed by atoms with van der Waals surface area (Å²) in [5.41, 5.74) is 0.836. The van der Waals surface area contributed by atoms with Gasteiger partial charge in [0.25, 0.3) is 0 Å². The monoisotopic (exact) mass is 326 g/mol. The summed E-state index contributed by atoms with van der Waals surface area (Å²) in [6.45, 7) is 3.22. The third-order valence-electron chi connectivity index (χ3n) is 3.27. The number of thiocarbonyl (C=S) groups is 1. The summed E-state index contributed by atoms with van der Waals surface area (Å²) in [6.07, 6.45) is 1.27. The summed E-state index contributed by atoms with van der Waals surface area (Å²) in [6, 6.07) is 3.70. The van der Waals surface area contributed by atoms with Crippen LogP contribution < -0.4 is 15.5 Å². The van der Waals surface area contributed by atoms with E-state index in [2.05, 4.69) is 20.5 Å². The molecule has 1 aromatic heterocycles. The maximum atomic E-state index is 13.3. The van der Waals surface area contributed by atoms with Crippen molar-refractivity contribution in [2.75, 3.05) is 29.9 Å². The number of aromatic nitrogens is 1. The molecular weight excluding hydrogens is 307 g/mol. The number of nitrogens with zero attached hydrogens (tertiary/aromatic N) is 2. The molecule has 1 aromatic rings. The Labute approximate surface area is 134 Å². The molecule has 0 bridgehead atoms. The molecular formula is C14H19FN4O2S. The van der Waals surface area contributed by atoms with E-state index in [9.17, 15) is 9.18 Å². The second-order valence-electron chi connectivity index (χ2n) is 4.83. The lowest BCUT2D eigenvalue weighted by atomic mass is 10.1. The molecule has 1 aliphatic rings. The lowest BCUT2D eigenvalue weighted by molar-refractivity contribution is 0.158. The molecule has 0 atom stereocenters. The molecule has 1 amide bonds. The Balaban J connectivity index is 2.02. The van der Waals surface area contributed by atoms with Crippen molar-refractivity contribution in [3.8, 4) is 0 Å². The van der Waals surface area contributed by atoms with Crippen molar-refractivity contribution < 1.29 is 13.9 Å². The molecule has 0 radical (unpaired) electrons. The normalized spacial score (nSPS) is 15.3. The molecule has 120 valence electrons. The van der Waals surface area contributed by atoms with Crippen molar-refractivity contribution in [2.24, 2.45) is 0 Å². The van der Waals surface area contributed by atoms with Gasteiger partial charge >= 0.3 is 6.09 Å². The number of pyridine rings is 1. The number of piperidine rings is 1. The Kier molecular flexibility index (Phi) is 5.88. The van der Waals surface area contributed by atoms with Crippen LogP contribution in [0.3, 0.4) is 0 Å². The molecule has 22 heavy (non-hydrogen) atoms.